The van der Waals surface area contributed by atoms with Crippen LogP contribution in [0.3, 0.4) is 0 Å². The van der Waals surface area contributed by atoms with Crippen LogP contribution >= 0.6 is 11.6 Å². The Morgan fingerprint density at radius 1 is 1.43 bits per heavy atom. The number of fused-ring (bicyclic) bond motifs is 1. The van der Waals surface area contributed by atoms with Gasteiger partial charge < -0.3 is 4.90 Å². The number of nitrogens with zero attached hydrogens (tertiary/aromatic N) is 2. The van der Waals surface area contributed by atoms with Gasteiger partial charge in [0.1, 0.15) is 5.84 Å². The van der Waals surface area contributed by atoms with Crippen LogP contribution in [0.25, 0.3) is 0 Å². The summed E-state index contributed by atoms with van der Waals surface area (Å²) in [5, 5.41) is 0.598. The average Bonchev–Trinajstić information content (AvgIpc) is 2.46. The molecule has 0 spiro atoms. The van der Waals surface area contributed by atoms with E-state index in [4.69, 9.17) is 11.6 Å². The lowest BCUT2D eigenvalue weighted by Gasteiger charge is -2.12. The zero-order chi connectivity index (χ0) is 10.3. The molecule has 0 aliphatic carbocycles. The van der Waals surface area contributed by atoms with Crippen LogP contribution in [0.5, 0.6) is 0 Å². The summed E-state index contributed by atoms with van der Waals surface area (Å²) in [7, 11) is 2.41. The summed E-state index contributed by atoms with van der Waals surface area (Å²) in [6.07, 6.45) is 0. The molecule has 5 heteroatoms. The second-order valence-electron chi connectivity index (χ2n) is 3.17. The third kappa shape index (κ3) is 1.35. The molecule has 14 heavy (non-hydrogen) atoms. The predicted molar refractivity (Wildman–Crippen MR) is 58.1 cm³/mol. The molecule has 0 saturated carbocycles. The van der Waals surface area contributed by atoms with E-state index >= 15 is 0 Å². The molecule has 1 atom stereocenters. The minimum Gasteiger partial charge on any atom is -0.362 e. The molecule has 0 fully saturated rings. The number of rotatable bonds is 0. The Morgan fingerprint density at radius 2 is 2.14 bits per heavy atom. The van der Waals surface area contributed by atoms with Crippen molar-refractivity contribution in [3.05, 3.63) is 28.8 Å². The summed E-state index contributed by atoms with van der Waals surface area (Å²) in [5.41, 5.74) is 0.789. The van der Waals surface area contributed by atoms with Crippen molar-refractivity contribution < 1.29 is 4.21 Å². The molecule has 1 aromatic rings. The van der Waals surface area contributed by atoms with E-state index in [9.17, 15) is 4.21 Å². The first kappa shape index (κ1) is 9.68. The topological polar surface area (TPSA) is 32.7 Å². The van der Waals surface area contributed by atoms with Crippen molar-refractivity contribution in [3.8, 4) is 0 Å². The molecule has 1 heterocycles. The maximum Gasteiger partial charge on any atom is 0.175 e. The van der Waals surface area contributed by atoms with Gasteiger partial charge in [0.25, 0.3) is 0 Å². The van der Waals surface area contributed by atoms with Crippen LogP contribution in [0.1, 0.15) is 5.56 Å². The third-order valence-corrected chi connectivity index (χ3v) is 3.35. The summed E-state index contributed by atoms with van der Waals surface area (Å²) >= 11 is 6.03. The van der Waals surface area contributed by atoms with E-state index < -0.39 is 11.0 Å². The number of hydrogen-bond acceptors (Lipinski definition) is 2. The van der Waals surface area contributed by atoms with Gasteiger partial charge in [0, 0.05) is 14.1 Å². The molecule has 0 radical (unpaired) electrons. The van der Waals surface area contributed by atoms with Gasteiger partial charge in [0.15, 0.2) is 11.0 Å². The monoisotopic (exact) mass is 228 g/mol. The summed E-state index contributed by atoms with van der Waals surface area (Å²) in [4.78, 5) is 2.51. The predicted octanol–water partition coefficient (Wildman–Crippen LogP) is 1.68. The fourth-order valence-corrected chi connectivity index (χ4v) is 2.74. The Hall–Kier alpha value is -0.870. The molecule has 0 bridgehead atoms. The molecule has 1 aromatic carbocycles. The number of hydrogen-bond donors (Lipinski definition) is 0. The van der Waals surface area contributed by atoms with Gasteiger partial charge in [-0.2, -0.15) is 4.40 Å². The molecule has 2 rings (SSSR count). The van der Waals surface area contributed by atoms with Crippen molar-refractivity contribution in [2.75, 3.05) is 14.1 Å². The van der Waals surface area contributed by atoms with E-state index in [1.807, 2.05) is 19.0 Å². The highest BCUT2D eigenvalue weighted by Crippen LogP contribution is 2.29. The second kappa shape index (κ2) is 3.37. The zero-order valence-electron chi connectivity index (χ0n) is 7.82. The van der Waals surface area contributed by atoms with E-state index in [0.29, 0.717) is 15.8 Å². The van der Waals surface area contributed by atoms with Crippen LogP contribution in [-0.4, -0.2) is 29.0 Å². The molecule has 0 N–H and O–H groups in total. The molecular weight excluding hydrogens is 220 g/mol. The fraction of sp³-hybridized carbons (Fsp3) is 0.222. The van der Waals surface area contributed by atoms with Gasteiger partial charge in [-0.1, -0.05) is 17.7 Å². The zero-order valence-corrected chi connectivity index (χ0v) is 9.39. The van der Waals surface area contributed by atoms with E-state index in [2.05, 4.69) is 4.40 Å². The third-order valence-electron chi connectivity index (χ3n) is 1.98. The van der Waals surface area contributed by atoms with Crippen molar-refractivity contribution in [1.29, 1.82) is 0 Å². The van der Waals surface area contributed by atoms with Crippen LogP contribution in [0.4, 0.5) is 0 Å². The minimum atomic E-state index is -1.30. The van der Waals surface area contributed by atoms with Gasteiger partial charge in [-0.15, -0.1) is 0 Å². The van der Waals surface area contributed by atoms with Crippen LogP contribution in [0.15, 0.2) is 27.5 Å². The standard InChI is InChI=1S/C9H9ClN2OS/c1-12(2)9-8-6(10)4-3-5-7(8)14(13)11-9/h3-5H,1-2H3. The molecule has 1 unspecified atom stereocenters. The van der Waals surface area contributed by atoms with Crippen LogP contribution in [-0.2, 0) is 11.0 Å². The first-order valence-corrected chi connectivity index (χ1v) is 5.56. The van der Waals surface area contributed by atoms with Gasteiger partial charge in [-0.25, -0.2) is 4.21 Å². The summed E-state index contributed by atoms with van der Waals surface area (Å²) in [5.74, 6) is 0.684. The molecule has 3 nitrogen and oxygen atoms in total. The van der Waals surface area contributed by atoms with E-state index in [1.54, 1.807) is 18.2 Å². The highest BCUT2D eigenvalue weighted by Gasteiger charge is 2.25. The Labute approximate surface area is 90.0 Å². The van der Waals surface area contributed by atoms with Gasteiger partial charge in [0.05, 0.1) is 15.5 Å². The van der Waals surface area contributed by atoms with Gasteiger partial charge in [-0.3, -0.25) is 0 Å². The fourth-order valence-electron chi connectivity index (χ4n) is 1.35. The average molecular weight is 229 g/mol. The van der Waals surface area contributed by atoms with E-state index in [-0.39, 0.29) is 0 Å². The summed E-state index contributed by atoms with van der Waals surface area (Å²) in [6, 6.07) is 5.35. The Kier molecular flexibility index (Phi) is 2.33. The summed E-state index contributed by atoms with van der Waals surface area (Å²) < 4.78 is 15.6. The molecule has 1 aliphatic rings. The first-order valence-electron chi connectivity index (χ1n) is 4.08. The largest absolute Gasteiger partial charge is 0.362 e. The number of halogens is 1. The highest BCUT2D eigenvalue weighted by atomic mass is 35.5. The normalized spacial score (nSPS) is 19.1. The lowest BCUT2D eigenvalue weighted by molar-refractivity contribution is 0.625. The molecule has 74 valence electrons. The maximum absolute atomic E-state index is 11.6. The SMILES string of the molecule is CN(C)C1=NS(=O)c2cccc(Cl)c21. The molecule has 0 amide bonds. The van der Waals surface area contributed by atoms with E-state index in [1.165, 1.54) is 0 Å². The van der Waals surface area contributed by atoms with Crippen LogP contribution < -0.4 is 0 Å². The Morgan fingerprint density at radius 3 is 2.79 bits per heavy atom. The summed E-state index contributed by atoms with van der Waals surface area (Å²) in [6.45, 7) is 0. The van der Waals surface area contributed by atoms with Crippen LogP contribution in [0.2, 0.25) is 5.02 Å². The first-order chi connectivity index (χ1) is 6.61. The van der Waals surface area contributed by atoms with Crippen molar-refractivity contribution in [1.82, 2.24) is 4.90 Å². The lowest BCUT2D eigenvalue weighted by Crippen LogP contribution is -2.21. The van der Waals surface area contributed by atoms with Gasteiger partial charge >= 0.3 is 0 Å². The maximum atomic E-state index is 11.6. The highest BCUT2D eigenvalue weighted by molar-refractivity contribution is 7.84. The van der Waals surface area contributed by atoms with Gasteiger partial charge in [0.2, 0.25) is 0 Å². The smallest absolute Gasteiger partial charge is 0.175 e. The minimum absolute atomic E-state index is 0.598. The quantitative estimate of drug-likeness (QED) is 0.677. The molecule has 0 saturated heterocycles. The van der Waals surface area contributed by atoms with Crippen molar-refractivity contribution in [2.45, 2.75) is 4.90 Å². The van der Waals surface area contributed by atoms with Crippen molar-refractivity contribution in [2.24, 2.45) is 4.40 Å². The van der Waals surface area contributed by atoms with Crippen molar-refractivity contribution >= 4 is 28.4 Å². The second-order valence-corrected chi connectivity index (χ2v) is 4.70. The Bertz CT molecular complexity index is 442. The molecular formula is C9H9ClN2OS. The number of benzene rings is 1. The molecule has 1 aliphatic heterocycles. The number of amidine groups is 1. The lowest BCUT2D eigenvalue weighted by atomic mass is 10.2. The Balaban J connectivity index is 2.66. The van der Waals surface area contributed by atoms with Gasteiger partial charge in [-0.05, 0) is 12.1 Å². The van der Waals surface area contributed by atoms with E-state index in [0.717, 1.165) is 5.56 Å². The molecule has 0 aromatic heterocycles. The van der Waals surface area contributed by atoms with Crippen molar-refractivity contribution in [3.63, 3.8) is 0 Å². The van der Waals surface area contributed by atoms with Crippen LogP contribution in [0, 0.1) is 0 Å².